The van der Waals surface area contributed by atoms with Crippen molar-refractivity contribution in [2.45, 2.75) is 32.6 Å². The molecule has 7 heteroatoms. The summed E-state index contributed by atoms with van der Waals surface area (Å²) in [6, 6.07) is 3.65. The second kappa shape index (κ2) is 7.04. The van der Waals surface area contributed by atoms with Gasteiger partial charge in [-0.15, -0.1) is 0 Å². The summed E-state index contributed by atoms with van der Waals surface area (Å²) < 4.78 is 5.12. The molecule has 0 bridgehead atoms. The molecule has 2 amide bonds. The van der Waals surface area contributed by atoms with Crippen molar-refractivity contribution in [2.24, 2.45) is 0 Å². The van der Waals surface area contributed by atoms with Crippen LogP contribution in [0.15, 0.2) is 22.9 Å². The first-order chi connectivity index (χ1) is 12.0. The zero-order chi connectivity index (χ0) is 18.0. The first kappa shape index (κ1) is 17.1. The van der Waals surface area contributed by atoms with E-state index in [9.17, 15) is 9.59 Å². The first-order valence-electron chi connectivity index (χ1n) is 8.41. The standard InChI is InChI=1S/C18H22N4O3/c1-11-16(12(2)25-21-11)18(24)22-8-4-5-14(10-22)15-7-6-13(9-20-15)17(23)19-3/h6-7,9,14H,4-5,8,10H2,1-3H3,(H,19,23). The summed E-state index contributed by atoms with van der Waals surface area (Å²) in [4.78, 5) is 30.7. The number of aromatic nitrogens is 2. The highest BCUT2D eigenvalue weighted by molar-refractivity contribution is 5.96. The molecule has 1 saturated heterocycles. The largest absolute Gasteiger partial charge is 0.361 e. The van der Waals surface area contributed by atoms with Gasteiger partial charge in [-0.2, -0.15) is 0 Å². The fourth-order valence-electron chi connectivity index (χ4n) is 3.27. The van der Waals surface area contributed by atoms with Crippen LogP contribution in [0.3, 0.4) is 0 Å². The number of nitrogens with one attached hydrogen (secondary N) is 1. The number of pyridine rings is 1. The Morgan fingerprint density at radius 1 is 1.32 bits per heavy atom. The summed E-state index contributed by atoms with van der Waals surface area (Å²) in [5.41, 5.74) is 2.62. The highest BCUT2D eigenvalue weighted by Crippen LogP contribution is 2.27. The van der Waals surface area contributed by atoms with E-state index in [1.165, 1.54) is 0 Å². The monoisotopic (exact) mass is 342 g/mol. The maximum absolute atomic E-state index is 12.8. The SMILES string of the molecule is CNC(=O)c1ccc(C2CCCN(C(=O)c3c(C)noc3C)C2)nc1. The molecule has 2 aromatic rings. The number of likely N-dealkylation sites (tertiary alicyclic amines) is 1. The molecule has 1 atom stereocenters. The first-order valence-corrected chi connectivity index (χ1v) is 8.41. The number of hydrogen-bond acceptors (Lipinski definition) is 5. The number of amides is 2. The van der Waals surface area contributed by atoms with Crippen molar-refractivity contribution in [1.29, 1.82) is 0 Å². The lowest BCUT2D eigenvalue weighted by molar-refractivity contribution is 0.0703. The third-order valence-electron chi connectivity index (χ3n) is 4.65. The Labute approximate surface area is 146 Å². The Bertz CT molecular complexity index is 763. The van der Waals surface area contributed by atoms with Crippen LogP contribution in [0.25, 0.3) is 0 Å². The smallest absolute Gasteiger partial charge is 0.259 e. The van der Waals surface area contributed by atoms with Gasteiger partial charge in [-0.3, -0.25) is 14.6 Å². The van der Waals surface area contributed by atoms with Gasteiger partial charge >= 0.3 is 0 Å². The molecule has 0 spiro atoms. The van der Waals surface area contributed by atoms with Crippen LogP contribution in [0, 0.1) is 13.8 Å². The van der Waals surface area contributed by atoms with Crippen LogP contribution in [-0.4, -0.2) is 47.0 Å². The summed E-state index contributed by atoms with van der Waals surface area (Å²) in [5, 5.41) is 6.45. The zero-order valence-corrected chi connectivity index (χ0v) is 14.7. The Morgan fingerprint density at radius 3 is 2.72 bits per heavy atom. The van der Waals surface area contributed by atoms with Crippen molar-refractivity contribution in [1.82, 2.24) is 20.4 Å². The molecule has 1 aliphatic rings. The van der Waals surface area contributed by atoms with E-state index < -0.39 is 0 Å². The van der Waals surface area contributed by atoms with Crippen LogP contribution < -0.4 is 5.32 Å². The van der Waals surface area contributed by atoms with Crippen molar-refractivity contribution in [2.75, 3.05) is 20.1 Å². The van der Waals surface area contributed by atoms with Gasteiger partial charge in [0.25, 0.3) is 11.8 Å². The highest BCUT2D eigenvalue weighted by atomic mass is 16.5. The summed E-state index contributed by atoms with van der Waals surface area (Å²) in [6.45, 7) is 4.86. The molecule has 1 aliphatic heterocycles. The number of carbonyl (C=O) groups excluding carboxylic acids is 2. The Kier molecular flexibility index (Phi) is 4.83. The number of piperidine rings is 1. The molecule has 2 aromatic heterocycles. The quantitative estimate of drug-likeness (QED) is 0.922. The van der Waals surface area contributed by atoms with Gasteiger partial charge in [-0.25, -0.2) is 0 Å². The number of rotatable bonds is 3. The highest BCUT2D eigenvalue weighted by Gasteiger charge is 2.29. The van der Waals surface area contributed by atoms with Crippen LogP contribution in [0.1, 0.15) is 56.6 Å². The predicted molar refractivity (Wildman–Crippen MR) is 91.5 cm³/mol. The van der Waals surface area contributed by atoms with Crippen LogP contribution in [-0.2, 0) is 0 Å². The molecule has 7 nitrogen and oxygen atoms in total. The molecular weight excluding hydrogens is 320 g/mol. The third-order valence-corrected chi connectivity index (χ3v) is 4.65. The molecule has 25 heavy (non-hydrogen) atoms. The molecule has 132 valence electrons. The maximum Gasteiger partial charge on any atom is 0.259 e. The van der Waals surface area contributed by atoms with E-state index in [0.717, 1.165) is 25.1 Å². The van der Waals surface area contributed by atoms with Gasteiger partial charge in [-0.05, 0) is 38.8 Å². The summed E-state index contributed by atoms with van der Waals surface area (Å²) in [5.74, 6) is 0.524. The van der Waals surface area contributed by atoms with E-state index >= 15 is 0 Å². The lowest BCUT2D eigenvalue weighted by Crippen LogP contribution is -2.39. The minimum absolute atomic E-state index is 0.0390. The second-order valence-corrected chi connectivity index (χ2v) is 6.34. The lowest BCUT2D eigenvalue weighted by Gasteiger charge is -2.32. The molecule has 3 heterocycles. The zero-order valence-electron chi connectivity index (χ0n) is 14.7. The Balaban J connectivity index is 1.75. The maximum atomic E-state index is 12.8. The van der Waals surface area contributed by atoms with Crippen molar-refractivity contribution in [3.63, 3.8) is 0 Å². The topological polar surface area (TPSA) is 88.3 Å². The average molecular weight is 342 g/mol. The predicted octanol–water partition coefficient (Wildman–Crippen LogP) is 2.07. The Morgan fingerprint density at radius 2 is 2.12 bits per heavy atom. The van der Waals surface area contributed by atoms with Crippen LogP contribution in [0.5, 0.6) is 0 Å². The average Bonchev–Trinajstić information content (AvgIpc) is 2.99. The molecule has 0 aliphatic carbocycles. The van der Waals surface area contributed by atoms with E-state index in [0.29, 0.717) is 29.1 Å². The molecule has 3 rings (SSSR count). The summed E-state index contributed by atoms with van der Waals surface area (Å²) in [6.07, 6.45) is 3.47. The van der Waals surface area contributed by atoms with Gasteiger partial charge in [0.1, 0.15) is 11.3 Å². The van der Waals surface area contributed by atoms with Crippen molar-refractivity contribution in [3.8, 4) is 0 Å². The van der Waals surface area contributed by atoms with Crippen LogP contribution in [0.2, 0.25) is 0 Å². The number of hydrogen-bond donors (Lipinski definition) is 1. The van der Waals surface area contributed by atoms with E-state index in [4.69, 9.17) is 4.52 Å². The number of nitrogens with zero attached hydrogens (tertiary/aromatic N) is 3. The van der Waals surface area contributed by atoms with Crippen molar-refractivity contribution >= 4 is 11.8 Å². The van der Waals surface area contributed by atoms with Gasteiger partial charge < -0.3 is 14.7 Å². The number of aryl methyl sites for hydroxylation is 2. The molecule has 1 fully saturated rings. The van der Waals surface area contributed by atoms with E-state index in [1.807, 2.05) is 11.0 Å². The molecule has 0 saturated carbocycles. The molecule has 0 radical (unpaired) electrons. The summed E-state index contributed by atoms with van der Waals surface area (Å²) >= 11 is 0. The lowest BCUT2D eigenvalue weighted by atomic mass is 9.93. The minimum Gasteiger partial charge on any atom is -0.361 e. The van der Waals surface area contributed by atoms with Gasteiger partial charge in [0.15, 0.2) is 0 Å². The van der Waals surface area contributed by atoms with Gasteiger partial charge in [0.2, 0.25) is 0 Å². The Hall–Kier alpha value is -2.70. The molecular formula is C18H22N4O3. The number of carbonyl (C=O) groups is 2. The minimum atomic E-state index is -0.155. The fourth-order valence-corrected chi connectivity index (χ4v) is 3.27. The van der Waals surface area contributed by atoms with Crippen molar-refractivity contribution < 1.29 is 14.1 Å². The van der Waals surface area contributed by atoms with E-state index in [2.05, 4.69) is 15.5 Å². The molecule has 1 N–H and O–H groups in total. The second-order valence-electron chi connectivity index (χ2n) is 6.34. The van der Waals surface area contributed by atoms with Gasteiger partial charge in [0, 0.05) is 37.9 Å². The third kappa shape index (κ3) is 3.40. The fraction of sp³-hybridized carbons (Fsp3) is 0.444. The molecule has 1 unspecified atom stereocenters. The van der Waals surface area contributed by atoms with E-state index in [-0.39, 0.29) is 17.7 Å². The van der Waals surface area contributed by atoms with E-state index in [1.54, 1.807) is 33.2 Å². The van der Waals surface area contributed by atoms with Crippen LogP contribution >= 0.6 is 0 Å². The summed E-state index contributed by atoms with van der Waals surface area (Å²) in [7, 11) is 1.59. The molecule has 0 aromatic carbocycles. The normalized spacial score (nSPS) is 17.4. The van der Waals surface area contributed by atoms with Gasteiger partial charge in [-0.1, -0.05) is 5.16 Å². The van der Waals surface area contributed by atoms with Crippen LogP contribution in [0.4, 0.5) is 0 Å². The van der Waals surface area contributed by atoms with Gasteiger partial charge in [0.05, 0.1) is 11.3 Å². The van der Waals surface area contributed by atoms with Crippen molar-refractivity contribution in [3.05, 3.63) is 46.6 Å².